The van der Waals surface area contributed by atoms with Crippen molar-refractivity contribution in [3.63, 3.8) is 0 Å². The summed E-state index contributed by atoms with van der Waals surface area (Å²) in [7, 11) is 0. The maximum absolute atomic E-state index is 13.0. The van der Waals surface area contributed by atoms with Crippen LogP contribution in [0.2, 0.25) is 0 Å². The number of unbranched alkanes of at least 4 members (excludes halogenated alkanes) is 6. The van der Waals surface area contributed by atoms with Gasteiger partial charge in [0.25, 0.3) is 0 Å². The fourth-order valence-corrected chi connectivity index (χ4v) is 5.36. The van der Waals surface area contributed by atoms with Crippen molar-refractivity contribution < 1.29 is 63.9 Å². The molecule has 2 saturated heterocycles. The lowest BCUT2D eigenvalue weighted by atomic mass is 9.97. The number of carboxylic acids is 1. The third-order valence-electron chi connectivity index (χ3n) is 8.06. The van der Waals surface area contributed by atoms with Crippen molar-refractivity contribution in [3.05, 3.63) is 0 Å². The van der Waals surface area contributed by atoms with E-state index >= 15 is 0 Å². The van der Waals surface area contributed by atoms with E-state index < -0.39 is 85.6 Å². The first-order valence-corrected chi connectivity index (χ1v) is 15.8. The van der Waals surface area contributed by atoms with Crippen LogP contribution in [-0.2, 0) is 33.3 Å². The highest BCUT2D eigenvalue weighted by molar-refractivity contribution is 5.72. The minimum absolute atomic E-state index is 0.207. The molecule has 2 fully saturated rings. The van der Waals surface area contributed by atoms with Gasteiger partial charge in [0.2, 0.25) is 0 Å². The summed E-state index contributed by atoms with van der Waals surface area (Å²) >= 11 is 0. The molecule has 0 saturated carbocycles. The van der Waals surface area contributed by atoms with Crippen molar-refractivity contribution >= 4 is 11.9 Å². The van der Waals surface area contributed by atoms with Crippen LogP contribution in [-0.4, -0.2) is 116 Å². The highest BCUT2D eigenvalue weighted by atomic mass is 16.8. The molecule has 0 aromatic rings. The first-order chi connectivity index (χ1) is 20.4. The molecule has 2 heterocycles. The van der Waals surface area contributed by atoms with E-state index in [0.717, 1.165) is 51.4 Å². The summed E-state index contributed by atoms with van der Waals surface area (Å²) < 4.78 is 29.0. The second kappa shape index (κ2) is 19.2. The Labute approximate surface area is 254 Å². The van der Waals surface area contributed by atoms with Crippen LogP contribution in [0, 0.1) is 0 Å². The van der Waals surface area contributed by atoms with Gasteiger partial charge in [0, 0.05) is 0 Å². The average molecular weight is 623 g/mol. The number of carbonyl (C=O) groups is 2. The Morgan fingerprint density at radius 3 is 1.84 bits per heavy atom. The van der Waals surface area contributed by atoms with Gasteiger partial charge in [-0.05, 0) is 33.1 Å². The van der Waals surface area contributed by atoms with Gasteiger partial charge in [-0.2, -0.15) is 0 Å². The molecule has 13 nitrogen and oxygen atoms in total. The molecular formula is C30H54O13. The Balaban J connectivity index is 2.19. The molecule has 12 atom stereocenters. The molecule has 43 heavy (non-hydrogen) atoms. The lowest BCUT2D eigenvalue weighted by molar-refractivity contribution is -0.366. The second-order valence-corrected chi connectivity index (χ2v) is 11.8. The van der Waals surface area contributed by atoms with Crippen molar-refractivity contribution in [2.75, 3.05) is 0 Å². The molecule has 0 bridgehead atoms. The predicted octanol–water partition coefficient (Wildman–Crippen LogP) is 1.77. The minimum atomic E-state index is -1.67. The zero-order valence-corrected chi connectivity index (χ0v) is 26.0. The quantitative estimate of drug-likeness (QED) is 0.0900. The first-order valence-electron chi connectivity index (χ1n) is 15.8. The number of rotatable bonds is 19. The van der Waals surface area contributed by atoms with Gasteiger partial charge in [-0.1, -0.05) is 58.8 Å². The number of aliphatic hydroxyl groups is 5. The monoisotopic (exact) mass is 622 g/mol. The Kier molecular flexibility index (Phi) is 16.8. The van der Waals surface area contributed by atoms with Crippen LogP contribution >= 0.6 is 0 Å². The molecule has 0 aromatic heterocycles. The molecule has 6 N–H and O–H groups in total. The zero-order valence-electron chi connectivity index (χ0n) is 26.0. The van der Waals surface area contributed by atoms with Crippen LogP contribution in [0.15, 0.2) is 0 Å². The van der Waals surface area contributed by atoms with Gasteiger partial charge in [-0.15, -0.1) is 0 Å². The number of esters is 1. The van der Waals surface area contributed by atoms with E-state index in [9.17, 15) is 40.2 Å². The van der Waals surface area contributed by atoms with E-state index in [1.165, 1.54) is 13.8 Å². The first kappa shape index (κ1) is 37.8. The molecule has 0 aromatic carbocycles. The predicted molar refractivity (Wildman–Crippen MR) is 153 cm³/mol. The molecule has 252 valence electrons. The van der Waals surface area contributed by atoms with Crippen LogP contribution in [0.5, 0.6) is 0 Å². The van der Waals surface area contributed by atoms with Gasteiger partial charge < -0.3 is 54.3 Å². The van der Waals surface area contributed by atoms with Gasteiger partial charge in [0.15, 0.2) is 12.6 Å². The third-order valence-corrected chi connectivity index (χ3v) is 8.06. The highest BCUT2D eigenvalue weighted by Gasteiger charge is 2.50. The molecule has 0 spiro atoms. The Bertz CT molecular complexity index is 813. The highest BCUT2D eigenvalue weighted by Crippen LogP contribution is 2.31. The molecule has 0 aliphatic carbocycles. The van der Waals surface area contributed by atoms with Crippen LogP contribution in [0.3, 0.4) is 0 Å². The normalized spacial score (nSPS) is 34.4. The lowest BCUT2D eigenvalue weighted by Gasteiger charge is -2.46. The summed E-state index contributed by atoms with van der Waals surface area (Å²) in [6.07, 6.45) is -7.39. The van der Waals surface area contributed by atoms with Gasteiger partial charge in [-0.25, -0.2) is 0 Å². The molecule has 0 unspecified atom stereocenters. The second-order valence-electron chi connectivity index (χ2n) is 11.8. The molecule has 13 heteroatoms. The minimum Gasteiger partial charge on any atom is -0.481 e. The van der Waals surface area contributed by atoms with Crippen LogP contribution < -0.4 is 0 Å². The summed E-state index contributed by atoms with van der Waals surface area (Å²) in [6.45, 7) is 7.14. The molecule has 0 amide bonds. The van der Waals surface area contributed by atoms with Crippen molar-refractivity contribution in [1.29, 1.82) is 0 Å². The maximum Gasteiger partial charge on any atom is 0.308 e. The zero-order chi connectivity index (χ0) is 32.1. The van der Waals surface area contributed by atoms with Crippen LogP contribution in [0.4, 0.5) is 0 Å². The van der Waals surface area contributed by atoms with Crippen LogP contribution in [0.25, 0.3) is 0 Å². The summed E-state index contributed by atoms with van der Waals surface area (Å²) in [5.41, 5.74) is 0. The van der Waals surface area contributed by atoms with Gasteiger partial charge >= 0.3 is 11.9 Å². The summed E-state index contributed by atoms with van der Waals surface area (Å²) in [6, 6.07) is 0. The largest absolute Gasteiger partial charge is 0.481 e. The van der Waals surface area contributed by atoms with E-state index in [1.807, 2.05) is 6.92 Å². The number of hydrogen-bond donors (Lipinski definition) is 6. The molecular weight excluding hydrogens is 568 g/mol. The Morgan fingerprint density at radius 1 is 0.674 bits per heavy atom. The topological polar surface area (TPSA) is 202 Å². The van der Waals surface area contributed by atoms with E-state index in [4.69, 9.17) is 23.7 Å². The Morgan fingerprint density at radius 2 is 1.21 bits per heavy atom. The van der Waals surface area contributed by atoms with Gasteiger partial charge in [0.05, 0.1) is 31.2 Å². The van der Waals surface area contributed by atoms with E-state index in [2.05, 4.69) is 6.92 Å². The van der Waals surface area contributed by atoms with Gasteiger partial charge in [-0.3, -0.25) is 9.59 Å². The fourth-order valence-electron chi connectivity index (χ4n) is 5.36. The van der Waals surface area contributed by atoms with Crippen LogP contribution in [0.1, 0.15) is 105 Å². The smallest absolute Gasteiger partial charge is 0.308 e. The number of aliphatic carboxylic acids is 1. The number of carboxylic acid groups (broad SMARTS) is 1. The molecule has 0 radical (unpaired) electrons. The lowest BCUT2D eigenvalue weighted by Crippen LogP contribution is -2.63. The van der Waals surface area contributed by atoms with Gasteiger partial charge in [0.1, 0.15) is 42.7 Å². The Hall–Kier alpha value is -1.42. The number of aliphatic hydroxyl groups excluding tert-OH is 5. The molecule has 2 rings (SSSR count). The van der Waals surface area contributed by atoms with E-state index in [0.29, 0.717) is 12.8 Å². The number of carbonyl (C=O) groups excluding carboxylic acids is 1. The molecule has 2 aliphatic heterocycles. The van der Waals surface area contributed by atoms with Crippen molar-refractivity contribution in [1.82, 2.24) is 0 Å². The summed E-state index contributed by atoms with van der Waals surface area (Å²) in [5, 5.41) is 61.4. The number of ether oxygens (including phenoxy) is 5. The van der Waals surface area contributed by atoms with E-state index in [1.54, 1.807) is 0 Å². The maximum atomic E-state index is 13.0. The van der Waals surface area contributed by atoms with Crippen molar-refractivity contribution in [3.8, 4) is 0 Å². The van der Waals surface area contributed by atoms with Crippen molar-refractivity contribution in [2.45, 2.75) is 178 Å². The summed E-state index contributed by atoms with van der Waals surface area (Å²) in [4.78, 5) is 24.4. The summed E-state index contributed by atoms with van der Waals surface area (Å²) in [5.74, 6) is -1.69. The number of hydrogen-bond acceptors (Lipinski definition) is 12. The fraction of sp³-hybridized carbons (Fsp3) is 0.933. The van der Waals surface area contributed by atoms with Crippen molar-refractivity contribution in [2.24, 2.45) is 0 Å². The SMILES string of the molecule is CCCCCCC[C@@H](CC(=O)O[C@@H](CCCCC)CC(=O)O)O[C@@H]1O[C@@H](C)[C@H](O)[C@@H](O)[C@H]1O[C@@H]1O[C@@H](C)[C@H](O)[C@@H](O)[C@H]1O. The average Bonchev–Trinajstić information content (AvgIpc) is 2.94. The third kappa shape index (κ3) is 12.1. The van der Waals surface area contributed by atoms with E-state index in [-0.39, 0.29) is 12.8 Å². The molecule has 2 aliphatic rings. The standard InChI is InChI=1S/C30H54O13/c1-5-7-9-10-12-14-20(16-22(33)41-19(15-21(31)32)13-11-8-6-2)42-30-28(26(37)24(35)18(4)40-30)43-29-27(38)25(36)23(34)17(3)39-29/h17-20,23-30,34-38H,5-16H2,1-4H3,(H,31,32)/t17-,18-,19-,20-,23-,24-,25+,26+,27+,28+,29-,30-/m0/s1.